The summed E-state index contributed by atoms with van der Waals surface area (Å²) in [6, 6.07) is 16.6. The molecule has 4 rings (SSSR count). The molecule has 2 aromatic carbocycles. The standard InChI is InChI=1S/C21H26N2S/c1-4-15-8-10-16(11-9-15)24-20-7-5-6-17-18-14-22(2)13-12-19(18)23(3)21(17)20/h5-11,18-19H,4,12-14H2,1-3H3. The number of para-hydroxylation sites is 1. The fourth-order valence-electron chi connectivity index (χ4n) is 4.26. The maximum atomic E-state index is 2.55. The molecule has 2 aliphatic heterocycles. The first kappa shape index (κ1) is 16.0. The fourth-order valence-corrected chi connectivity index (χ4v) is 5.29. The Hall–Kier alpha value is -1.45. The van der Waals surface area contributed by atoms with Crippen molar-refractivity contribution in [1.29, 1.82) is 0 Å². The maximum absolute atomic E-state index is 2.55. The van der Waals surface area contributed by atoms with Crippen LogP contribution in [-0.4, -0.2) is 38.1 Å². The van der Waals surface area contributed by atoms with E-state index in [2.05, 4.69) is 73.3 Å². The van der Waals surface area contributed by atoms with E-state index in [9.17, 15) is 0 Å². The summed E-state index contributed by atoms with van der Waals surface area (Å²) >= 11 is 1.91. The van der Waals surface area contributed by atoms with E-state index in [1.807, 2.05) is 11.8 Å². The van der Waals surface area contributed by atoms with E-state index in [0.29, 0.717) is 12.0 Å². The third-order valence-electron chi connectivity index (χ3n) is 5.62. The van der Waals surface area contributed by atoms with E-state index in [0.717, 1.165) is 6.42 Å². The molecule has 0 aliphatic carbocycles. The Balaban J connectivity index is 1.66. The molecule has 0 aromatic heterocycles. The van der Waals surface area contributed by atoms with Crippen molar-refractivity contribution in [2.45, 2.75) is 41.5 Å². The Kier molecular flexibility index (Phi) is 4.31. The molecule has 2 nitrogen and oxygen atoms in total. The minimum absolute atomic E-state index is 0.659. The van der Waals surface area contributed by atoms with Crippen molar-refractivity contribution >= 4 is 17.4 Å². The number of hydrogen-bond acceptors (Lipinski definition) is 3. The van der Waals surface area contributed by atoms with Gasteiger partial charge in [0.15, 0.2) is 0 Å². The normalized spacial score (nSPS) is 23.2. The number of likely N-dealkylation sites (N-methyl/N-ethyl adjacent to an activating group) is 2. The van der Waals surface area contributed by atoms with E-state index in [4.69, 9.17) is 0 Å². The minimum atomic E-state index is 0.659. The molecule has 126 valence electrons. The smallest absolute Gasteiger partial charge is 0.0544 e. The average Bonchev–Trinajstić information content (AvgIpc) is 2.89. The monoisotopic (exact) mass is 338 g/mol. The summed E-state index contributed by atoms with van der Waals surface area (Å²) in [5, 5.41) is 0. The van der Waals surface area contributed by atoms with Crippen molar-refractivity contribution in [2.75, 3.05) is 32.1 Å². The second-order valence-electron chi connectivity index (χ2n) is 7.13. The van der Waals surface area contributed by atoms with Crippen molar-refractivity contribution in [3.8, 4) is 0 Å². The lowest BCUT2D eigenvalue weighted by Crippen LogP contribution is -2.43. The Labute approximate surface area is 149 Å². The first-order valence-electron chi connectivity index (χ1n) is 8.98. The summed E-state index contributed by atoms with van der Waals surface area (Å²) in [6.07, 6.45) is 2.37. The number of rotatable bonds is 3. The van der Waals surface area contributed by atoms with Crippen LogP contribution in [0.1, 0.15) is 30.4 Å². The molecule has 24 heavy (non-hydrogen) atoms. The number of benzene rings is 2. The molecule has 3 heteroatoms. The predicted molar refractivity (Wildman–Crippen MR) is 103 cm³/mol. The highest BCUT2D eigenvalue weighted by molar-refractivity contribution is 7.99. The largest absolute Gasteiger partial charge is 0.370 e. The van der Waals surface area contributed by atoms with Crippen LogP contribution >= 0.6 is 11.8 Å². The van der Waals surface area contributed by atoms with Gasteiger partial charge in [0.05, 0.1) is 5.69 Å². The summed E-state index contributed by atoms with van der Waals surface area (Å²) < 4.78 is 0. The zero-order valence-electron chi connectivity index (χ0n) is 14.8. The number of piperidine rings is 1. The number of hydrogen-bond donors (Lipinski definition) is 0. The second kappa shape index (κ2) is 6.45. The number of fused-ring (bicyclic) bond motifs is 3. The Morgan fingerprint density at radius 2 is 1.88 bits per heavy atom. The summed E-state index contributed by atoms with van der Waals surface area (Å²) in [6.45, 7) is 4.60. The molecule has 0 bridgehead atoms. The quantitative estimate of drug-likeness (QED) is 0.805. The molecule has 1 fully saturated rings. The average molecular weight is 339 g/mol. The van der Waals surface area contributed by atoms with Crippen molar-refractivity contribution < 1.29 is 0 Å². The van der Waals surface area contributed by atoms with E-state index in [1.165, 1.54) is 40.6 Å². The molecule has 0 saturated carbocycles. The highest BCUT2D eigenvalue weighted by atomic mass is 32.2. The number of anilines is 1. The topological polar surface area (TPSA) is 6.48 Å². The molecule has 2 atom stereocenters. The predicted octanol–water partition coefficient (Wildman–Crippen LogP) is 4.64. The van der Waals surface area contributed by atoms with Crippen LogP contribution in [0.25, 0.3) is 0 Å². The van der Waals surface area contributed by atoms with E-state index in [-0.39, 0.29) is 0 Å². The van der Waals surface area contributed by atoms with Crippen molar-refractivity contribution in [3.63, 3.8) is 0 Å². The zero-order chi connectivity index (χ0) is 16.7. The molecule has 2 aliphatic rings. The lowest BCUT2D eigenvalue weighted by atomic mass is 9.89. The highest BCUT2D eigenvalue weighted by Gasteiger charge is 2.40. The van der Waals surface area contributed by atoms with Crippen LogP contribution in [0.4, 0.5) is 5.69 Å². The molecular weight excluding hydrogens is 312 g/mol. The van der Waals surface area contributed by atoms with Gasteiger partial charge < -0.3 is 9.80 Å². The van der Waals surface area contributed by atoms with Gasteiger partial charge in [-0.05, 0) is 55.8 Å². The van der Waals surface area contributed by atoms with E-state index in [1.54, 1.807) is 5.56 Å². The Morgan fingerprint density at radius 1 is 1.08 bits per heavy atom. The molecule has 0 radical (unpaired) electrons. The van der Waals surface area contributed by atoms with Gasteiger partial charge in [-0.3, -0.25) is 0 Å². The van der Waals surface area contributed by atoms with Gasteiger partial charge in [0, 0.05) is 35.3 Å². The number of aryl methyl sites for hydroxylation is 1. The van der Waals surface area contributed by atoms with Gasteiger partial charge >= 0.3 is 0 Å². The lowest BCUT2D eigenvalue weighted by Gasteiger charge is -2.35. The van der Waals surface area contributed by atoms with E-state index < -0.39 is 0 Å². The van der Waals surface area contributed by atoms with Crippen molar-refractivity contribution in [3.05, 3.63) is 53.6 Å². The molecule has 0 N–H and O–H groups in total. The molecule has 2 heterocycles. The SMILES string of the molecule is CCc1ccc(Sc2cccc3c2N(C)C2CCN(C)CC32)cc1. The van der Waals surface area contributed by atoms with Crippen LogP contribution in [-0.2, 0) is 6.42 Å². The summed E-state index contributed by atoms with van der Waals surface area (Å²) in [7, 11) is 4.54. The highest BCUT2D eigenvalue weighted by Crippen LogP contribution is 2.49. The summed E-state index contributed by atoms with van der Waals surface area (Å²) in [5.41, 5.74) is 4.42. The second-order valence-corrected chi connectivity index (χ2v) is 8.24. The van der Waals surface area contributed by atoms with Gasteiger partial charge in [-0.15, -0.1) is 0 Å². The molecule has 0 amide bonds. The molecule has 1 saturated heterocycles. The number of nitrogens with zero attached hydrogens (tertiary/aromatic N) is 2. The fraction of sp³-hybridized carbons (Fsp3) is 0.429. The van der Waals surface area contributed by atoms with Crippen LogP contribution < -0.4 is 4.90 Å². The van der Waals surface area contributed by atoms with Gasteiger partial charge in [-0.2, -0.15) is 0 Å². The molecular formula is C21H26N2S. The van der Waals surface area contributed by atoms with Crippen molar-refractivity contribution in [2.24, 2.45) is 0 Å². The summed E-state index contributed by atoms with van der Waals surface area (Å²) in [5.74, 6) is 0.659. The van der Waals surface area contributed by atoms with E-state index >= 15 is 0 Å². The zero-order valence-corrected chi connectivity index (χ0v) is 15.6. The van der Waals surface area contributed by atoms with Gasteiger partial charge in [-0.1, -0.05) is 43.0 Å². The molecule has 0 spiro atoms. The van der Waals surface area contributed by atoms with Crippen LogP contribution in [0.3, 0.4) is 0 Å². The van der Waals surface area contributed by atoms with Crippen LogP contribution in [0.2, 0.25) is 0 Å². The van der Waals surface area contributed by atoms with Crippen LogP contribution in [0, 0.1) is 0 Å². The van der Waals surface area contributed by atoms with Crippen LogP contribution in [0.15, 0.2) is 52.3 Å². The third kappa shape index (κ3) is 2.74. The Morgan fingerprint density at radius 3 is 2.62 bits per heavy atom. The summed E-state index contributed by atoms with van der Waals surface area (Å²) in [4.78, 5) is 7.76. The first-order valence-corrected chi connectivity index (χ1v) is 9.80. The molecule has 2 unspecified atom stereocenters. The van der Waals surface area contributed by atoms with Gasteiger partial charge in [-0.25, -0.2) is 0 Å². The third-order valence-corrected chi connectivity index (χ3v) is 6.68. The molecule has 2 aromatic rings. The maximum Gasteiger partial charge on any atom is 0.0544 e. The van der Waals surface area contributed by atoms with Gasteiger partial charge in [0.1, 0.15) is 0 Å². The Bertz CT molecular complexity index is 725. The van der Waals surface area contributed by atoms with Crippen molar-refractivity contribution in [1.82, 2.24) is 4.90 Å². The van der Waals surface area contributed by atoms with Gasteiger partial charge in [0.25, 0.3) is 0 Å². The van der Waals surface area contributed by atoms with Gasteiger partial charge in [0.2, 0.25) is 0 Å². The first-order chi connectivity index (χ1) is 11.7. The minimum Gasteiger partial charge on any atom is -0.370 e. The number of likely N-dealkylation sites (tertiary alicyclic amines) is 1. The van der Waals surface area contributed by atoms with Crippen LogP contribution in [0.5, 0.6) is 0 Å². The lowest BCUT2D eigenvalue weighted by molar-refractivity contribution is 0.234.